The Morgan fingerprint density at radius 1 is 1.11 bits per heavy atom. The van der Waals surface area contributed by atoms with E-state index in [1.807, 2.05) is 6.08 Å². The zero-order chi connectivity index (χ0) is 6.95. The number of nitrogens with one attached hydrogen (secondary N) is 1. The Hall–Kier alpha value is -0.300. The molecule has 0 bridgehead atoms. The molecule has 0 spiro atoms. The van der Waals surface area contributed by atoms with Gasteiger partial charge in [-0.05, 0) is 19.3 Å². The van der Waals surface area contributed by atoms with Gasteiger partial charge in [-0.3, -0.25) is 5.73 Å². The number of rotatable bonds is 6. The first kappa shape index (κ1) is 8.70. The SMILES string of the molecule is C=CCCCCCC[NH]. The summed E-state index contributed by atoms with van der Waals surface area (Å²) in [5.41, 5.74) is 6.86. The third kappa shape index (κ3) is 7.70. The van der Waals surface area contributed by atoms with E-state index in [1.165, 1.54) is 19.3 Å². The van der Waals surface area contributed by atoms with E-state index >= 15 is 0 Å². The predicted octanol–water partition coefficient (Wildman–Crippen LogP) is 2.41. The van der Waals surface area contributed by atoms with E-state index in [2.05, 4.69) is 6.58 Å². The van der Waals surface area contributed by atoms with Gasteiger partial charge in [0.05, 0.1) is 0 Å². The Balaban J connectivity index is 2.66. The fourth-order valence-electron chi connectivity index (χ4n) is 0.767. The maximum Gasteiger partial charge on any atom is 0.00997 e. The first-order chi connectivity index (χ1) is 4.41. The molecule has 0 aromatic rings. The molecule has 0 heterocycles. The molecule has 1 radical (unpaired) electrons. The zero-order valence-electron chi connectivity index (χ0n) is 6.03. The van der Waals surface area contributed by atoms with Crippen LogP contribution in [0.4, 0.5) is 0 Å². The van der Waals surface area contributed by atoms with Crippen LogP contribution in [0.2, 0.25) is 0 Å². The third-order valence-corrected chi connectivity index (χ3v) is 1.34. The number of allylic oxidation sites excluding steroid dienone is 1. The van der Waals surface area contributed by atoms with Crippen molar-refractivity contribution >= 4 is 0 Å². The highest BCUT2D eigenvalue weighted by molar-refractivity contribution is 4.65. The van der Waals surface area contributed by atoms with E-state index in [0.717, 1.165) is 12.8 Å². The average Bonchev–Trinajstić information content (AvgIpc) is 1.89. The van der Waals surface area contributed by atoms with Gasteiger partial charge in [0.25, 0.3) is 0 Å². The van der Waals surface area contributed by atoms with Crippen molar-refractivity contribution in [1.29, 1.82) is 0 Å². The standard InChI is InChI=1S/C8H16N/c1-2-3-4-5-6-7-8-9/h2,9H,1,3-8H2. The lowest BCUT2D eigenvalue weighted by Gasteiger charge is -1.94. The van der Waals surface area contributed by atoms with Gasteiger partial charge in [0, 0.05) is 6.54 Å². The van der Waals surface area contributed by atoms with E-state index in [9.17, 15) is 0 Å². The summed E-state index contributed by atoms with van der Waals surface area (Å²) in [6, 6.07) is 0. The topological polar surface area (TPSA) is 23.8 Å². The fraction of sp³-hybridized carbons (Fsp3) is 0.750. The van der Waals surface area contributed by atoms with Crippen molar-refractivity contribution in [2.45, 2.75) is 32.1 Å². The van der Waals surface area contributed by atoms with Crippen LogP contribution in [0.25, 0.3) is 0 Å². The average molecular weight is 126 g/mol. The molecule has 0 atom stereocenters. The van der Waals surface area contributed by atoms with Gasteiger partial charge in [-0.25, -0.2) is 0 Å². The maximum atomic E-state index is 6.86. The summed E-state index contributed by atoms with van der Waals surface area (Å²) in [4.78, 5) is 0. The normalized spacial score (nSPS) is 9.44. The summed E-state index contributed by atoms with van der Waals surface area (Å²) in [5, 5.41) is 0. The highest BCUT2D eigenvalue weighted by atomic mass is 14.5. The van der Waals surface area contributed by atoms with Crippen LogP contribution in [0.15, 0.2) is 12.7 Å². The van der Waals surface area contributed by atoms with Gasteiger partial charge in [-0.1, -0.05) is 18.9 Å². The van der Waals surface area contributed by atoms with Crippen LogP contribution in [0.1, 0.15) is 32.1 Å². The van der Waals surface area contributed by atoms with Gasteiger partial charge in [0.1, 0.15) is 0 Å². The van der Waals surface area contributed by atoms with Gasteiger partial charge >= 0.3 is 0 Å². The van der Waals surface area contributed by atoms with Crippen LogP contribution >= 0.6 is 0 Å². The van der Waals surface area contributed by atoms with Crippen LogP contribution < -0.4 is 5.73 Å². The summed E-state index contributed by atoms with van der Waals surface area (Å²) in [6.07, 6.45) is 7.90. The molecule has 0 aromatic carbocycles. The van der Waals surface area contributed by atoms with E-state index < -0.39 is 0 Å². The van der Waals surface area contributed by atoms with Crippen molar-refractivity contribution in [1.82, 2.24) is 5.73 Å². The van der Waals surface area contributed by atoms with Crippen molar-refractivity contribution in [3.63, 3.8) is 0 Å². The molecule has 0 fully saturated rings. The largest absolute Gasteiger partial charge is 0.258 e. The van der Waals surface area contributed by atoms with Crippen molar-refractivity contribution in [2.24, 2.45) is 0 Å². The zero-order valence-corrected chi connectivity index (χ0v) is 6.03. The molecule has 0 saturated carbocycles. The molecule has 1 N–H and O–H groups in total. The lowest BCUT2D eigenvalue weighted by atomic mass is 10.1. The molecule has 9 heavy (non-hydrogen) atoms. The molecule has 1 heteroatoms. The number of unbranched alkanes of at least 4 members (excludes halogenated alkanes) is 4. The Morgan fingerprint density at radius 3 is 2.33 bits per heavy atom. The molecule has 0 aromatic heterocycles. The molecular weight excluding hydrogens is 110 g/mol. The van der Waals surface area contributed by atoms with E-state index in [-0.39, 0.29) is 0 Å². The van der Waals surface area contributed by atoms with E-state index in [1.54, 1.807) is 0 Å². The lowest BCUT2D eigenvalue weighted by molar-refractivity contribution is 0.649. The highest BCUT2D eigenvalue weighted by Crippen LogP contribution is 2.01. The van der Waals surface area contributed by atoms with Crippen LogP contribution in [0, 0.1) is 0 Å². The molecule has 0 amide bonds. The van der Waals surface area contributed by atoms with Crippen molar-refractivity contribution in [3.05, 3.63) is 12.7 Å². The van der Waals surface area contributed by atoms with E-state index in [0.29, 0.717) is 6.54 Å². The molecule has 0 unspecified atom stereocenters. The first-order valence-electron chi connectivity index (χ1n) is 3.67. The fourth-order valence-corrected chi connectivity index (χ4v) is 0.767. The first-order valence-corrected chi connectivity index (χ1v) is 3.67. The Labute approximate surface area is 57.9 Å². The Bertz CT molecular complexity index is 59.6. The molecular formula is C8H16N. The third-order valence-electron chi connectivity index (χ3n) is 1.34. The van der Waals surface area contributed by atoms with Gasteiger partial charge < -0.3 is 0 Å². The highest BCUT2D eigenvalue weighted by Gasteiger charge is 1.84. The lowest BCUT2D eigenvalue weighted by Crippen LogP contribution is -1.84. The van der Waals surface area contributed by atoms with E-state index in [4.69, 9.17) is 5.73 Å². The van der Waals surface area contributed by atoms with Crippen LogP contribution in [-0.2, 0) is 0 Å². The van der Waals surface area contributed by atoms with Crippen molar-refractivity contribution < 1.29 is 0 Å². The second-order valence-corrected chi connectivity index (χ2v) is 2.24. The molecule has 0 saturated heterocycles. The van der Waals surface area contributed by atoms with Crippen LogP contribution in [0.5, 0.6) is 0 Å². The summed E-state index contributed by atoms with van der Waals surface area (Å²) in [5.74, 6) is 0. The minimum absolute atomic E-state index is 0.591. The summed E-state index contributed by atoms with van der Waals surface area (Å²) >= 11 is 0. The van der Waals surface area contributed by atoms with Gasteiger partial charge in [-0.2, -0.15) is 0 Å². The van der Waals surface area contributed by atoms with Crippen LogP contribution in [0.3, 0.4) is 0 Å². The van der Waals surface area contributed by atoms with Crippen molar-refractivity contribution in [3.8, 4) is 0 Å². The monoisotopic (exact) mass is 126 g/mol. The molecule has 1 nitrogen and oxygen atoms in total. The number of hydrogen-bond acceptors (Lipinski definition) is 0. The molecule has 0 rings (SSSR count). The summed E-state index contributed by atoms with van der Waals surface area (Å²) in [7, 11) is 0. The minimum atomic E-state index is 0.591. The second kappa shape index (κ2) is 7.70. The van der Waals surface area contributed by atoms with Gasteiger partial charge in [0.2, 0.25) is 0 Å². The molecule has 0 aliphatic carbocycles. The predicted molar refractivity (Wildman–Crippen MR) is 41.2 cm³/mol. The van der Waals surface area contributed by atoms with Crippen molar-refractivity contribution in [2.75, 3.05) is 6.54 Å². The molecule has 0 aliphatic heterocycles. The second-order valence-electron chi connectivity index (χ2n) is 2.24. The maximum absolute atomic E-state index is 6.86. The molecule has 0 aliphatic rings. The quantitative estimate of drug-likeness (QED) is 0.385. The van der Waals surface area contributed by atoms with Crippen LogP contribution in [-0.4, -0.2) is 6.54 Å². The van der Waals surface area contributed by atoms with Gasteiger partial charge in [0.15, 0.2) is 0 Å². The molecule has 53 valence electrons. The van der Waals surface area contributed by atoms with Gasteiger partial charge in [-0.15, -0.1) is 6.58 Å². The minimum Gasteiger partial charge on any atom is -0.258 e. The summed E-state index contributed by atoms with van der Waals surface area (Å²) in [6.45, 7) is 4.23. The Kier molecular flexibility index (Phi) is 7.44. The smallest absolute Gasteiger partial charge is 0.00997 e. The summed E-state index contributed by atoms with van der Waals surface area (Å²) < 4.78 is 0. The Morgan fingerprint density at radius 2 is 1.78 bits per heavy atom. The number of hydrogen-bond donors (Lipinski definition) is 0.